The quantitative estimate of drug-likeness (QED) is 0.872. The lowest BCUT2D eigenvalue weighted by Crippen LogP contribution is -2.36. The van der Waals surface area contributed by atoms with Crippen LogP contribution in [-0.4, -0.2) is 42.7 Å². The summed E-state index contributed by atoms with van der Waals surface area (Å²) in [4.78, 5) is 17.5. The van der Waals surface area contributed by atoms with Crippen molar-refractivity contribution in [2.75, 3.05) is 26.9 Å². The molecule has 1 aliphatic rings. The van der Waals surface area contributed by atoms with Gasteiger partial charge in [-0.1, -0.05) is 6.07 Å². The Kier molecular flexibility index (Phi) is 3.00. The van der Waals surface area contributed by atoms with Gasteiger partial charge in [0.15, 0.2) is 0 Å². The van der Waals surface area contributed by atoms with Gasteiger partial charge in [0.1, 0.15) is 6.73 Å². The van der Waals surface area contributed by atoms with Gasteiger partial charge >= 0.3 is 0 Å². The molecular formula is C14H17N3O2. The first-order valence-electron chi connectivity index (χ1n) is 6.34. The molecule has 2 heterocycles. The Bertz CT molecular complexity index is 620. The molecule has 1 aromatic heterocycles. The van der Waals surface area contributed by atoms with E-state index >= 15 is 0 Å². The lowest BCUT2D eigenvalue weighted by atomic mass is 9.97. The van der Waals surface area contributed by atoms with E-state index in [2.05, 4.69) is 4.98 Å². The van der Waals surface area contributed by atoms with Crippen LogP contribution in [0.25, 0.3) is 10.9 Å². The molecule has 5 heteroatoms. The molecule has 0 radical (unpaired) electrons. The van der Waals surface area contributed by atoms with Crippen molar-refractivity contribution >= 4 is 16.8 Å². The van der Waals surface area contributed by atoms with Crippen LogP contribution in [-0.2, 0) is 4.74 Å². The van der Waals surface area contributed by atoms with Gasteiger partial charge in [-0.15, -0.1) is 0 Å². The summed E-state index contributed by atoms with van der Waals surface area (Å²) in [6.07, 6.45) is 1.97. The highest BCUT2D eigenvalue weighted by atomic mass is 16.5. The summed E-state index contributed by atoms with van der Waals surface area (Å²) in [5.74, 6) is 0.140. The van der Waals surface area contributed by atoms with E-state index in [9.17, 15) is 4.79 Å². The van der Waals surface area contributed by atoms with E-state index in [0.29, 0.717) is 19.8 Å². The molecule has 1 aromatic carbocycles. The topological polar surface area (TPSA) is 71.3 Å². The summed E-state index contributed by atoms with van der Waals surface area (Å²) in [5, 5.41) is 1.00. The molecule has 19 heavy (non-hydrogen) atoms. The monoisotopic (exact) mass is 259 g/mol. The summed E-state index contributed by atoms with van der Waals surface area (Å²) in [6.45, 7) is 1.39. The van der Waals surface area contributed by atoms with Gasteiger partial charge in [-0.3, -0.25) is 4.79 Å². The minimum absolute atomic E-state index is 0.00394. The highest BCUT2D eigenvalue weighted by Crippen LogP contribution is 2.32. The Morgan fingerprint density at radius 2 is 2.37 bits per heavy atom. The fraction of sp³-hybridized carbons (Fsp3) is 0.357. The Labute approximate surface area is 111 Å². The zero-order chi connectivity index (χ0) is 13.4. The Balaban J connectivity index is 2.20. The second-order valence-electron chi connectivity index (χ2n) is 4.85. The highest BCUT2D eigenvalue weighted by Gasteiger charge is 2.29. The van der Waals surface area contributed by atoms with Gasteiger partial charge in [0.25, 0.3) is 5.91 Å². The molecule has 0 bridgehead atoms. The third kappa shape index (κ3) is 1.82. The van der Waals surface area contributed by atoms with E-state index in [1.165, 1.54) is 0 Å². The molecule has 5 nitrogen and oxygen atoms in total. The Hall–Kier alpha value is -1.85. The maximum absolute atomic E-state index is 12.6. The number of rotatable bonds is 3. The van der Waals surface area contributed by atoms with E-state index in [-0.39, 0.29) is 11.8 Å². The van der Waals surface area contributed by atoms with Gasteiger partial charge in [0, 0.05) is 48.8 Å². The number of hydrogen-bond acceptors (Lipinski definition) is 3. The maximum Gasteiger partial charge on any atom is 0.256 e. The Morgan fingerprint density at radius 3 is 3.11 bits per heavy atom. The molecule has 1 atom stereocenters. The maximum atomic E-state index is 12.6. The summed E-state index contributed by atoms with van der Waals surface area (Å²) >= 11 is 0. The number of carbonyl (C=O) groups is 1. The van der Waals surface area contributed by atoms with E-state index in [1.807, 2.05) is 24.4 Å². The third-order valence-corrected chi connectivity index (χ3v) is 3.70. The molecular weight excluding hydrogens is 242 g/mol. The van der Waals surface area contributed by atoms with Crippen LogP contribution in [0.5, 0.6) is 0 Å². The van der Waals surface area contributed by atoms with Crippen molar-refractivity contribution in [2.45, 2.75) is 5.92 Å². The molecule has 2 aromatic rings. The second-order valence-corrected chi connectivity index (χ2v) is 4.85. The number of nitrogens with two attached hydrogens (primary N) is 1. The smallest absolute Gasteiger partial charge is 0.256 e. The van der Waals surface area contributed by atoms with Gasteiger partial charge in [-0.05, 0) is 17.7 Å². The van der Waals surface area contributed by atoms with Gasteiger partial charge in [0.05, 0.1) is 0 Å². The molecule has 100 valence electrons. The van der Waals surface area contributed by atoms with Gasteiger partial charge in [-0.2, -0.15) is 0 Å². The van der Waals surface area contributed by atoms with Crippen molar-refractivity contribution in [3.8, 4) is 0 Å². The lowest BCUT2D eigenvalue weighted by molar-refractivity contribution is 0.0406. The number of hydrogen-bond donors (Lipinski definition) is 2. The fourth-order valence-corrected chi connectivity index (χ4v) is 2.80. The molecule has 0 aliphatic carbocycles. The number of aromatic nitrogens is 1. The molecule has 1 amide bonds. The minimum atomic E-state index is 0.00394. The first-order valence-corrected chi connectivity index (χ1v) is 6.34. The molecule has 0 saturated carbocycles. The molecule has 0 saturated heterocycles. The van der Waals surface area contributed by atoms with Gasteiger partial charge in [-0.25, -0.2) is 0 Å². The van der Waals surface area contributed by atoms with E-state index in [1.54, 1.807) is 12.0 Å². The van der Waals surface area contributed by atoms with Crippen LogP contribution < -0.4 is 5.73 Å². The number of carbonyl (C=O) groups excluding carboxylic acids is 1. The number of amides is 1. The first-order chi connectivity index (χ1) is 9.26. The molecule has 3 rings (SSSR count). The summed E-state index contributed by atoms with van der Waals surface area (Å²) in [6, 6.07) is 5.74. The number of ether oxygens (including phenoxy) is 1. The highest BCUT2D eigenvalue weighted by molar-refractivity contribution is 6.08. The third-order valence-electron chi connectivity index (χ3n) is 3.70. The van der Waals surface area contributed by atoms with E-state index in [4.69, 9.17) is 10.5 Å². The number of methoxy groups -OCH3 is 1. The number of benzene rings is 1. The second kappa shape index (κ2) is 4.68. The summed E-state index contributed by atoms with van der Waals surface area (Å²) in [7, 11) is 1.59. The van der Waals surface area contributed by atoms with Gasteiger partial charge in [0.2, 0.25) is 0 Å². The fourth-order valence-electron chi connectivity index (χ4n) is 2.80. The normalized spacial score (nSPS) is 18.9. The number of H-pyrrole nitrogens is 1. The van der Waals surface area contributed by atoms with Crippen LogP contribution in [0.15, 0.2) is 24.4 Å². The van der Waals surface area contributed by atoms with Crippen LogP contribution in [0.3, 0.4) is 0 Å². The van der Waals surface area contributed by atoms with Crippen LogP contribution in [0.4, 0.5) is 0 Å². The number of aromatic amines is 1. The molecule has 1 aliphatic heterocycles. The van der Waals surface area contributed by atoms with Gasteiger partial charge < -0.3 is 20.4 Å². The number of nitrogens with zero attached hydrogens (tertiary/aromatic N) is 1. The van der Waals surface area contributed by atoms with E-state index < -0.39 is 0 Å². The van der Waals surface area contributed by atoms with Crippen LogP contribution >= 0.6 is 0 Å². The van der Waals surface area contributed by atoms with Crippen LogP contribution in [0, 0.1) is 0 Å². The average Bonchev–Trinajstić information content (AvgIpc) is 2.81. The molecule has 0 spiro atoms. The average molecular weight is 259 g/mol. The standard InChI is InChI=1S/C14H17N3O2/c1-19-8-17-7-9(5-15)11-6-16-12-4-2-3-10(13(11)12)14(17)18/h2-4,6,9,16H,5,7-8,15H2,1H3. The van der Waals surface area contributed by atoms with Crippen LogP contribution in [0.2, 0.25) is 0 Å². The Morgan fingerprint density at radius 1 is 1.53 bits per heavy atom. The largest absolute Gasteiger partial charge is 0.364 e. The van der Waals surface area contributed by atoms with Crippen molar-refractivity contribution < 1.29 is 9.53 Å². The van der Waals surface area contributed by atoms with Crippen molar-refractivity contribution in [2.24, 2.45) is 5.73 Å². The van der Waals surface area contributed by atoms with Crippen molar-refractivity contribution in [3.63, 3.8) is 0 Å². The first kappa shape index (κ1) is 12.2. The zero-order valence-electron chi connectivity index (χ0n) is 10.8. The molecule has 0 fully saturated rings. The predicted octanol–water partition coefficient (Wildman–Crippen LogP) is 1.27. The van der Waals surface area contributed by atoms with Crippen molar-refractivity contribution in [3.05, 3.63) is 35.5 Å². The molecule has 1 unspecified atom stereocenters. The zero-order valence-corrected chi connectivity index (χ0v) is 10.8. The van der Waals surface area contributed by atoms with Crippen LogP contribution in [0.1, 0.15) is 21.8 Å². The number of nitrogens with one attached hydrogen (secondary N) is 1. The van der Waals surface area contributed by atoms with Crippen molar-refractivity contribution in [1.82, 2.24) is 9.88 Å². The van der Waals surface area contributed by atoms with Crippen molar-refractivity contribution in [1.29, 1.82) is 0 Å². The lowest BCUT2D eigenvalue weighted by Gasteiger charge is -2.23. The van der Waals surface area contributed by atoms with E-state index in [0.717, 1.165) is 22.0 Å². The minimum Gasteiger partial charge on any atom is -0.364 e. The summed E-state index contributed by atoms with van der Waals surface area (Å²) < 4.78 is 5.13. The summed E-state index contributed by atoms with van der Waals surface area (Å²) in [5.41, 5.74) is 8.71. The molecule has 3 N–H and O–H groups in total. The SMILES string of the molecule is COCN1CC(CN)c2c[nH]c3cccc(c23)C1=O. The predicted molar refractivity (Wildman–Crippen MR) is 73.0 cm³/mol.